The van der Waals surface area contributed by atoms with Gasteiger partial charge in [-0.3, -0.25) is 0 Å². The third kappa shape index (κ3) is 6.06. The highest BCUT2D eigenvalue weighted by Gasteiger charge is 2.38. The number of benzene rings is 10. The van der Waals surface area contributed by atoms with E-state index in [9.17, 15) is 0 Å². The van der Waals surface area contributed by atoms with Gasteiger partial charge in [-0.1, -0.05) is 222 Å². The first-order valence-electron chi connectivity index (χ1n) is 22.9. The normalized spacial score (nSPS) is 13.8. The van der Waals surface area contributed by atoms with Crippen LogP contribution in [0.3, 0.4) is 0 Å². The average Bonchev–Trinajstić information content (AvgIpc) is 3.74. The van der Waals surface area contributed by atoms with Gasteiger partial charge < -0.3 is 4.90 Å². The largest absolute Gasteiger partial charge is 0.309 e. The number of para-hydroxylation sites is 2. The molecule has 0 aliphatic heterocycles. The van der Waals surface area contributed by atoms with E-state index in [-0.39, 0.29) is 10.8 Å². The molecule has 0 N–H and O–H groups in total. The Hall–Kier alpha value is -7.74. The number of nitrogens with zero attached hydrogens (tertiary/aromatic N) is 1. The van der Waals surface area contributed by atoms with Gasteiger partial charge >= 0.3 is 0 Å². The molecule has 65 heavy (non-hydrogen) atoms. The number of rotatable bonds is 7. The fourth-order valence-corrected chi connectivity index (χ4v) is 11.4. The molecular formula is C64H49N. The van der Waals surface area contributed by atoms with Crippen molar-refractivity contribution < 1.29 is 0 Å². The Bertz CT molecular complexity index is 3470. The summed E-state index contributed by atoms with van der Waals surface area (Å²) in [6.07, 6.45) is 0. The van der Waals surface area contributed by atoms with Crippen molar-refractivity contribution in [3.63, 3.8) is 0 Å². The topological polar surface area (TPSA) is 3.24 Å². The van der Waals surface area contributed by atoms with E-state index >= 15 is 0 Å². The summed E-state index contributed by atoms with van der Waals surface area (Å²) >= 11 is 0. The van der Waals surface area contributed by atoms with Gasteiger partial charge in [0, 0.05) is 27.6 Å². The van der Waals surface area contributed by atoms with Gasteiger partial charge in [-0.05, 0) is 119 Å². The van der Waals surface area contributed by atoms with E-state index in [0.29, 0.717) is 0 Å². The summed E-state index contributed by atoms with van der Waals surface area (Å²) in [5, 5.41) is 2.47. The third-order valence-corrected chi connectivity index (χ3v) is 14.5. The van der Waals surface area contributed by atoms with E-state index in [0.717, 1.165) is 17.1 Å². The van der Waals surface area contributed by atoms with E-state index in [1.54, 1.807) is 0 Å². The van der Waals surface area contributed by atoms with E-state index in [1.165, 1.54) is 99.8 Å². The van der Waals surface area contributed by atoms with Gasteiger partial charge in [0.2, 0.25) is 0 Å². The summed E-state index contributed by atoms with van der Waals surface area (Å²) in [5.74, 6) is 0. The number of fused-ring (bicyclic) bond motifs is 7. The van der Waals surface area contributed by atoms with Gasteiger partial charge in [0.25, 0.3) is 0 Å². The molecule has 0 saturated heterocycles. The standard InChI is InChI=1S/C64H49N/c1-63(2)56-31-12-8-24-50(56)52-40-37-45(41-58(52)63)47-23-10-14-33-59(47)65(46-38-35-43(36-39-46)49-28-18-30-55-51-25-9-13-32-57(51)64(3,4)62(49)55)60-34-15-11-26-53(60)54-29-17-22-44-21-16-27-48(61(44)54)42-19-6-5-7-20-42/h5-41H,1-4H3. The SMILES string of the molecule is CC1(C)c2ccccc2-c2ccc(-c3ccccc3N(c3ccc(-c4cccc5c4C(C)(C)c4ccccc4-5)cc3)c3ccccc3-c3cccc4cccc(-c5ccccc5)c34)cc21. The summed E-state index contributed by atoms with van der Waals surface area (Å²) in [6.45, 7) is 9.49. The van der Waals surface area contributed by atoms with Crippen LogP contribution in [0.25, 0.3) is 77.5 Å². The smallest absolute Gasteiger partial charge is 0.0540 e. The minimum atomic E-state index is -0.117. The monoisotopic (exact) mass is 831 g/mol. The molecule has 12 rings (SSSR count). The second-order valence-electron chi connectivity index (χ2n) is 18.8. The van der Waals surface area contributed by atoms with Crippen molar-refractivity contribution in [3.05, 3.63) is 247 Å². The molecule has 0 unspecified atom stereocenters. The molecule has 10 aromatic rings. The zero-order valence-electron chi connectivity index (χ0n) is 37.3. The lowest BCUT2D eigenvalue weighted by atomic mass is 9.79. The second-order valence-corrected chi connectivity index (χ2v) is 18.8. The zero-order chi connectivity index (χ0) is 43.9. The number of anilines is 3. The van der Waals surface area contributed by atoms with Crippen molar-refractivity contribution in [1.82, 2.24) is 0 Å². The van der Waals surface area contributed by atoms with E-state index < -0.39 is 0 Å². The first-order chi connectivity index (χ1) is 31.8. The molecule has 2 aliphatic carbocycles. The summed E-state index contributed by atoms with van der Waals surface area (Å²) in [4.78, 5) is 2.50. The van der Waals surface area contributed by atoms with E-state index in [4.69, 9.17) is 0 Å². The highest BCUT2D eigenvalue weighted by Crippen LogP contribution is 2.54. The molecule has 0 fully saturated rings. The number of hydrogen-bond acceptors (Lipinski definition) is 1. The van der Waals surface area contributed by atoms with Crippen molar-refractivity contribution in [2.24, 2.45) is 0 Å². The lowest BCUT2D eigenvalue weighted by Crippen LogP contribution is -2.16. The molecule has 310 valence electrons. The first-order valence-corrected chi connectivity index (χ1v) is 22.9. The summed E-state index contributed by atoms with van der Waals surface area (Å²) in [6, 6.07) is 83.3. The lowest BCUT2D eigenvalue weighted by molar-refractivity contribution is 0.660. The fraction of sp³-hybridized carbons (Fsp3) is 0.0938. The predicted octanol–water partition coefficient (Wildman–Crippen LogP) is 17.6. The quantitative estimate of drug-likeness (QED) is 0.155. The van der Waals surface area contributed by atoms with Crippen LogP contribution in [0, 0.1) is 0 Å². The Morgan fingerprint density at radius 2 is 0.769 bits per heavy atom. The summed E-state index contributed by atoms with van der Waals surface area (Å²) < 4.78 is 0. The van der Waals surface area contributed by atoms with Crippen LogP contribution in [-0.2, 0) is 10.8 Å². The molecule has 0 spiro atoms. The molecule has 0 aromatic heterocycles. The Morgan fingerprint density at radius 1 is 0.292 bits per heavy atom. The van der Waals surface area contributed by atoms with Crippen LogP contribution in [-0.4, -0.2) is 0 Å². The predicted molar refractivity (Wildman–Crippen MR) is 276 cm³/mol. The van der Waals surface area contributed by atoms with Crippen LogP contribution in [0.2, 0.25) is 0 Å². The molecule has 0 atom stereocenters. The molecule has 0 amide bonds. The van der Waals surface area contributed by atoms with Crippen LogP contribution in [0.5, 0.6) is 0 Å². The molecule has 0 heterocycles. The van der Waals surface area contributed by atoms with Crippen molar-refractivity contribution in [1.29, 1.82) is 0 Å². The van der Waals surface area contributed by atoms with Gasteiger partial charge in [-0.25, -0.2) is 0 Å². The maximum atomic E-state index is 2.50. The van der Waals surface area contributed by atoms with Crippen LogP contribution in [0.4, 0.5) is 17.1 Å². The summed E-state index contributed by atoms with van der Waals surface area (Å²) in [5.41, 5.74) is 23.7. The Kier molecular flexibility index (Phi) is 8.94. The maximum absolute atomic E-state index is 2.50. The Morgan fingerprint density at radius 3 is 1.49 bits per heavy atom. The van der Waals surface area contributed by atoms with Gasteiger partial charge in [0.05, 0.1) is 11.4 Å². The summed E-state index contributed by atoms with van der Waals surface area (Å²) in [7, 11) is 0. The minimum Gasteiger partial charge on any atom is -0.309 e. The highest BCUT2D eigenvalue weighted by molar-refractivity contribution is 6.09. The van der Waals surface area contributed by atoms with Crippen molar-refractivity contribution in [2.75, 3.05) is 4.90 Å². The van der Waals surface area contributed by atoms with Gasteiger partial charge in [-0.15, -0.1) is 0 Å². The molecule has 1 nitrogen and oxygen atoms in total. The molecule has 1 heteroatoms. The highest BCUT2D eigenvalue weighted by atomic mass is 15.1. The Balaban J connectivity index is 1.06. The molecule has 0 bridgehead atoms. The van der Waals surface area contributed by atoms with Crippen LogP contribution >= 0.6 is 0 Å². The van der Waals surface area contributed by atoms with Gasteiger partial charge in [0.1, 0.15) is 0 Å². The van der Waals surface area contributed by atoms with Gasteiger partial charge in [-0.2, -0.15) is 0 Å². The molecular weight excluding hydrogens is 783 g/mol. The molecule has 10 aromatic carbocycles. The fourth-order valence-electron chi connectivity index (χ4n) is 11.4. The zero-order valence-corrected chi connectivity index (χ0v) is 37.3. The molecule has 0 radical (unpaired) electrons. The van der Waals surface area contributed by atoms with Gasteiger partial charge in [0.15, 0.2) is 0 Å². The molecule has 0 saturated carbocycles. The number of hydrogen-bond donors (Lipinski definition) is 0. The molecule has 2 aliphatic rings. The van der Waals surface area contributed by atoms with Crippen molar-refractivity contribution in [2.45, 2.75) is 38.5 Å². The third-order valence-electron chi connectivity index (χ3n) is 14.5. The van der Waals surface area contributed by atoms with Crippen molar-refractivity contribution >= 4 is 27.8 Å². The second kappa shape index (κ2) is 14.9. The van der Waals surface area contributed by atoms with E-state index in [1.807, 2.05) is 0 Å². The first kappa shape index (κ1) is 38.9. The maximum Gasteiger partial charge on any atom is 0.0540 e. The van der Waals surface area contributed by atoms with Crippen molar-refractivity contribution in [3.8, 4) is 66.8 Å². The van der Waals surface area contributed by atoms with Crippen LogP contribution in [0.15, 0.2) is 224 Å². The van der Waals surface area contributed by atoms with Crippen LogP contribution < -0.4 is 4.90 Å². The Labute approximate surface area is 383 Å². The minimum absolute atomic E-state index is 0.114. The van der Waals surface area contributed by atoms with Crippen LogP contribution in [0.1, 0.15) is 49.9 Å². The average molecular weight is 832 g/mol. The lowest BCUT2D eigenvalue weighted by Gasteiger charge is -2.31. The van der Waals surface area contributed by atoms with E-state index in [2.05, 4.69) is 257 Å².